The molecule has 0 aliphatic carbocycles. The molecule has 0 aliphatic rings. The Hall–Kier alpha value is -2.29. The van der Waals surface area contributed by atoms with Crippen molar-refractivity contribution in [2.75, 3.05) is 6.54 Å². The van der Waals surface area contributed by atoms with Crippen LogP contribution in [0.3, 0.4) is 0 Å². The zero-order chi connectivity index (χ0) is 14.8. The SMILES string of the molecule is CC(C)(CNC(=O)c1sccc1-n1cnnn1)C(=O)O. The highest BCUT2D eigenvalue weighted by Crippen LogP contribution is 2.20. The van der Waals surface area contributed by atoms with Crippen molar-refractivity contribution in [2.45, 2.75) is 13.8 Å². The summed E-state index contributed by atoms with van der Waals surface area (Å²) in [5.74, 6) is -1.32. The second-order valence-corrected chi connectivity index (χ2v) is 5.68. The number of nitrogens with zero attached hydrogens (tertiary/aromatic N) is 4. The molecule has 1 amide bonds. The zero-order valence-electron chi connectivity index (χ0n) is 10.9. The molecule has 2 rings (SSSR count). The number of nitrogens with one attached hydrogen (secondary N) is 1. The molecule has 8 nitrogen and oxygen atoms in total. The fraction of sp³-hybridized carbons (Fsp3) is 0.364. The Labute approximate surface area is 118 Å². The Morgan fingerprint density at radius 3 is 2.85 bits per heavy atom. The smallest absolute Gasteiger partial charge is 0.310 e. The van der Waals surface area contributed by atoms with Gasteiger partial charge in [0.25, 0.3) is 5.91 Å². The molecule has 0 aromatic carbocycles. The molecule has 0 spiro atoms. The number of rotatable bonds is 5. The quantitative estimate of drug-likeness (QED) is 0.834. The third kappa shape index (κ3) is 2.82. The van der Waals surface area contributed by atoms with Crippen molar-refractivity contribution >= 4 is 23.2 Å². The van der Waals surface area contributed by atoms with E-state index < -0.39 is 11.4 Å². The predicted octanol–water partition coefficient (Wildman–Crippen LogP) is 0.564. The Bertz CT molecular complexity index is 620. The Kier molecular flexibility index (Phi) is 3.79. The molecule has 2 N–H and O–H groups in total. The van der Waals surface area contributed by atoms with E-state index in [1.807, 2.05) is 0 Å². The monoisotopic (exact) mass is 295 g/mol. The third-order valence-corrected chi connectivity index (χ3v) is 3.62. The number of carbonyl (C=O) groups excluding carboxylic acids is 1. The molecule has 0 radical (unpaired) electrons. The summed E-state index contributed by atoms with van der Waals surface area (Å²) < 4.78 is 1.38. The summed E-state index contributed by atoms with van der Waals surface area (Å²) in [6.07, 6.45) is 1.39. The van der Waals surface area contributed by atoms with Crippen molar-refractivity contribution in [3.63, 3.8) is 0 Å². The van der Waals surface area contributed by atoms with Crippen LogP contribution in [0.2, 0.25) is 0 Å². The predicted molar refractivity (Wildman–Crippen MR) is 70.8 cm³/mol. The van der Waals surface area contributed by atoms with E-state index in [1.165, 1.54) is 22.3 Å². The third-order valence-electron chi connectivity index (χ3n) is 2.72. The number of aromatic nitrogens is 4. The first-order valence-corrected chi connectivity index (χ1v) is 6.62. The summed E-state index contributed by atoms with van der Waals surface area (Å²) in [5.41, 5.74) is -0.465. The first-order valence-electron chi connectivity index (χ1n) is 5.74. The first-order chi connectivity index (χ1) is 9.42. The van der Waals surface area contributed by atoms with Crippen LogP contribution in [-0.2, 0) is 4.79 Å². The van der Waals surface area contributed by atoms with Crippen LogP contribution in [0.4, 0.5) is 0 Å². The van der Waals surface area contributed by atoms with Gasteiger partial charge in [-0.1, -0.05) is 0 Å². The highest BCUT2D eigenvalue weighted by molar-refractivity contribution is 7.12. The molecule has 0 saturated heterocycles. The van der Waals surface area contributed by atoms with Gasteiger partial charge in [0.15, 0.2) is 0 Å². The molecule has 0 saturated carbocycles. The average molecular weight is 295 g/mol. The fourth-order valence-corrected chi connectivity index (χ4v) is 2.18. The molecule has 2 heterocycles. The van der Waals surface area contributed by atoms with Crippen molar-refractivity contribution in [3.05, 3.63) is 22.7 Å². The van der Waals surface area contributed by atoms with Crippen molar-refractivity contribution in [2.24, 2.45) is 5.41 Å². The molecule has 0 unspecified atom stereocenters. The maximum Gasteiger partial charge on any atom is 0.310 e. The standard InChI is InChI=1S/C11H13N5O3S/c1-11(2,10(18)19)5-12-9(17)8-7(3-4-20-8)16-6-13-14-15-16/h3-4,6H,5H2,1-2H3,(H,12,17)(H,18,19). The van der Waals surface area contributed by atoms with E-state index in [1.54, 1.807) is 25.3 Å². The van der Waals surface area contributed by atoms with Gasteiger partial charge in [-0.3, -0.25) is 9.59 Å². The summed E-state index contributed by atoms with van der Waals surface area (Å²) in [5, 5.41) is 24.1. The lowest BCUT2D eigenvalue weighted by Crippen LogP contribution is -2.38. The van der Waals surface area contributed by atoms with Gasteiger partial charge in [0.1, 0.15) is 11.2 Å². The average Bonchev–Trinajstić information content (AvgIpc) is 3.05. The summed E-state index contributed by atoms with van der Waals surface area (Å²) in [7, 11) is 0. The Balaban J connectivity index is 2.12. The van der Waals surface area contributed by atoms with E-state index in [-0.39, 0.29) is 12.5 Å². The van der Waals surface area contributed by atoms with Crippen molar-refractivity contribution in [1.82, 2.24) is 25.5 Å². The molecule has 0 bridgehead atoms. The molecule has 9 heteroatoms. The molecule has 20 heavy (non-hydrogen) atoms. The number of tetrazole rings is 1. The lowest BCUT2D eigenvalue weighted by Gasteiger charge is -2.19. The number of hydrogen-bond acceptors (Lipinski definition) is 6. The van der Waals surface area contributed by atoms with E-state index in [0.717, 1.165) is 0 Å². The normalized spacial score (nSPS) is 11.3. The Morgan fingerprint density at radius 1 is 1.50 bits per heavy atom. The van der Waals surface area contributed by atoms with Crippen LogP contribution in [0, 0.1) is 5.41 Å². The number of carboxylic acids is 1. The van der Waals surface area contributed by atoms with Crippen LogP contribution in [0.25, 0.3) is 5.69 Å². The van der Waals surface area contributed by atoms with Crippen LogP contribution in [0.15, 0.2) is 17.8 Å². The number of carboxylic acid groups (broad SMARTS) is 1. The van der Waals surface area contributed by atoms with Gasteiger partial charge in [-0.25, -0.2) is 0 Å². The molecule has 2 aromatic heterocycles. The second-order valence-electron chi connectivity index (χ2n) is 4.76. The van der Waals surface area contributed by atoms with E-state index in [2.05, 4.69) is 20.8 Å². The zero-order valence-corrected chi connectivity index (χ0v) is 11.7. The number of carbonyl (C=O) groups is 2. The topological polar surface area (TPSA) is 110 Å². The second kappa shape index (κ2) is 5.37. The summed E-state index contributed by atoms with van der Waals surface area (Å²) in [6, 6.07) is 1.72. The maximum absolute atomic E-state index is 12.1. The number of aliphatic carboxylic acids is 1. The van der Waals surface area contributed by atoms with Gasteiger partial charge in [-0.05, 0) is 35.7 Å². The van der Waals surface area contributed by atoms with Gasteiger partial charge in [0, 0.05) is 6.54 Å². The molecular formula is C11H13N5O3S. The van der Waals surface area contributed by atoms with Crippen LogP contribution >= 0.6 is 11.3 Å². The lowest BCUT2D eigenvalue weighted by atomic mass is 9.94. The fourth-order valence-electron chi connectivity index (χ4n) is 1.38. The molecule has 106 valence electrons. The Morgan fingerprint density at radius 2 is 2.25 bits per heavy atom. The van der Waals surface area contributed by atoms with E-state index in [0.29, 0.717) is 10.6 Å². The highest BCUT2D eigenvalue weighted by Gasteiger charge is 2.28. The van der Waals surface area contributed by atoms with Gasteiger partial charge in [-0.2, -0.15) is 4.68 Å². The molecule has 0 atom stereocenters. The molecular weight excluding hydrogens is 282 g/mol. The first kappa shape index (κ1) is 14.1. The van der Waals surface area contributed by atoms with Crippen molar-refractivity contribution in [1.29, 1.82) is 0 Å². The van der Waals surface area contributed by atoms with E-state index in [4.69, 9.17) is 5.11 Å². The molecule has 0 aliphatic heterocycles. The summed E-state index contributed by atoms with van der Waals surface area (Å²) in [4.78, 5) is 23.5. The van der Waals surface area contributed by atoms with Gasteiger partial charge < -0.3 is 10.4 Å². The van der Waals surface area contributed by atoms with Crippen molar-refractivity contribution in [3.8, 4) is 5.69 Å². The largest absolute Gasteiger partial charge is 0.481 e. The molecule has 2 aromatic rings. The van der Waals surface area contributed by atoms with Crippen LogP contribution in [-0.4, -0.2) is 43.7 Å². The van der Waals surface area contributed by atoms with E-state index >= 15 is 0 Å². The summed E-state index contributed by atoms with van der Waals surface area (Å²) in [6.45, 7) is 3.13. The van der Waals surface area contributed by atoms with Gasteiger partial charge in [0.2, 0.25) is 0 Å². The summed E-state index contributed by atoms with van der Waals surface area (Å²) >= 11 is 1.24. The van der Waals surface area contributed by atoms with Crippen LogP contribution in [0.1, 0.15) is 23.5 Å². The van der Waals surface area contributed by atoms with Gasteiger partial charge >= 0.3 is 5.97 Å². The minimum Gasteiger partial charge on any atom is -0.481 e. The number of amides is 1. The number of hydrogen-bond donors (Lipinski definition) is 2. The van der Waals surface area contributed by atoms with Crippen molar-refractivity contribution < 1.29 is 14.7 Å². The molecule has 0 fully saturated rings. The van der Waals surface area contributed by atoms with Gasteiger partial charge in [0.05, 0.1) is 11.1 Å². The lowest BCUT2D eigenvalue weighted by molar-refractivity contribution is -0.146. The minimum absolute atomic E-state index is 0.0358. The number of thiophene rings is 1. The maximum atomic E-state index is 12.1. The minimum atomic E-state index is -1.03. The van der Waals surface area contributed by atoms with Crippen LogP contribution < -0.4 is 5.32 Å². The van der Waals surface area contributed by atoms with Gasteiger partial charge in [-0.15, -0.1) is 16.4 Å². The van der Waals surface area contributed by atoms with Crippen LogP contribution in [0.5, 0.6) is 0 Å². The van der Waals surface area contributed by atoms with E-state index in [9.17, 15) is 9.59 Å². The highest BCUT2D eigenvalue weighted by atomic mass is 32.1.